The molecule has 3 heterocycles. The highest BCUT2D eigenvalue weighted by atomic mass is 16.5. The number of nitrogens with one attached hydrogen (secondary N) is 1. The fraction of sp³-hybridized carbons (Fsp3) is 0.214. The summed E-state index contributed by atoms with van der Waals surface area (Å²) >= 11 is 0. The Balaban J connectivity index is 1.68. The predicted octanol–water partition coefficient (Wildman–Crippen LogP) is 4.21. The van der Waals surface area contributed by atoms with Crippen LogP contribution in [0.4, 0.5) is 5.69 Å². The van der Waals surface area contributed by atoms with Gasteiger partial charge in [-0.25, -0.2) is 4.98 Å². The van der Waals surface area contributed by atoms with E-state index >= 15 is 0 Å². The molecule has 9 nitrogen and oxygen atoms in total. The zero-order chi connectivity index (χ0) is 26.0. The summed E-state index contributed by atoms with van der Waals surface area (Å²) in [4.78, 5) is 22.6. The second-order valence-electron chi connectivity index (χ2n) is 8.55. The zero-order valence-corrected chi connectivity index (χ0v) is 20.9. The summed E-state index contributed by atoms with van der Waals surface area (Å²) in [5, 5.41) is 19.4. The maximum atomic E-state index is 13.2. The summed E-state index contributed by atoms with van der Waals surface area (Å²) in [6.07, 6.45) is 3.35. The van der Waals surface area contributed by atoms with Crippen molar-refractivity contribution >= 4 is 22.8 Å². The zero-order valence-electron chi connectivity index (χ0n) is 20.9. The number of hydrogen-bond donors (Lipinski definition) is 2. The van der Waals surface area contributed by atoms with E-state index in [1.54, 1.807) is 23.1 Å². The van der Waals surface area contributed by atoms with E-state index in [4.69, 9.17) is 9.72 Å². The van der Waals surface area contributed by atoms with E-state index in [0.717, 1.165) is 0 Å². The van der Waals surface area contributed by atoms with Crippen LogP contribution in [0, 0.1) is 0 Å². The van der Waals surface area contributed by atoms with Crippen LogP contribution in [-0.2, 0) is 18.7 Å². The number of anilines is 1. The van der Waals surface area contributed by atoms with Crippen molar-refractivity contribution in [3.8, 4) is 5.88 Å². The first kappa shape index (κ1) is 24.2. The summed E-state index contributed by atoms with van der Waals surface area (Å²) in [5.41, 5.74) is 1.59. The van der Waals surface area contributed by atoms with Crippen LogP contribution in [0.5, 0.6) is 5.88 Å². The van der Waals surface area contributed by atoms with Crippen molar-refractivity contribution in [2.45, 2.75) is 32.5 Å². The molecule has 0 aliphatic rings. The van der Waals surface area contributed by atoms with Gasteiger partial charge in [-0.1, -0.05) is 60.7 Å². The van der Waals surface area contributed by atoms with Gasteiger partial charge in [0.15, 0.2) is 17.1 Å². The molecule has 5 rings (SSSR count). The first-order chi connectivity index (χ1) is 18.0. The molecule has 0 spiro atoms. The van der Waals surface area contributed by atoms with Crippen LogP contribution >= 0.6 is 0 Å². The molecule has 0 saturated heterocycles. The second-order valence-corrected chi connectivity index (χ2v) is 8.55. The summed E-state index contributed by atoms with van der Waals surface area (Å²) in [5.74, 6) is 0.163. The number of nitrogens with zero attached hydrogens (tertiary/aromatic N) is 5. The maximum absolute atomic E-state index is 13.2. The molecule has 0 aliphatic heterocycles. The van der Waals surface area contributed by atoms with Gasteiger partial charge < -0.3 is 19.7 Å². The number of carbonyl (C=O) groups is 1. The smallest absolute Gasteiger partial charge is 0.261 e. The van der Waals surface area contributed by atoms with Gasteiger partial charge in [-0.15, -0.1) is 0 Å². The number of aliphatic hydroxyl groups is 1. The number of methoxy groups -OCH3 is 1. The van der Waals surface area contributed by atoms with Gasteiger partial charge >= 0.3 is 0 Å². The number of aromatic nitrogens is 5. The van der Waals surface area contributed by atoms with Crippen LogP contribution in [0.2, 0.25) is 0 Å². The lowest BCUT2D eigenvalue weighted by atomic mass is 9.85. The van der Waals surface area contributed by atoms with Gasteiger partial charge in [-0.2, -0.15) is 10.1 Å². The molecule has 0 bridgehead atoms. The van der Waals surface area contributed by atoms with Gasteiger partial charge in [0, 0.05) is 19.3 Å². The third-order valence-electron chi connectivity index (χ3n) is 6.38. The number of carbonyl (C=O) groups excluding carboxylic acids is 1. The highest BCUT2D eigenvalue weighted by molar-refractivity contribution is 6.07. The number of benzene rings is 2. The number of hydrogen-bond acceptors (Lipinski definition) is 6. The van der Waals surface area contributed by atoms with Crippen LogP contribution in [0.1, 0.15) is 41.2 Å². The molecule has 0 fully saturated rings. The molecule has 0 atom stereocenters. The fourth-order valence-electron chi connectivity index (χ4n) is 4.53. The highest BCUT2D eigenvalue weighted by Crippen LogP contribution is 2.38. The molecule has 1 amide bonds. The molecule has 37 heavy (non-hydrogen) atoms. The highest BCUT2D eigenvalue weighted by Gasteiger charge is 2.39. The molecule has 188 valence electrons. The van der Waals surface area contributed by atoms with Crippen molar-refractivity contribution in [2.24, 2.45) is 0 Å². The number of rotatable bonds is 8. The summed E-state index contributed by atoms with van der Waals surface area (Å²) in [6, 6.07) is 20.5. The lowest BCUT2D eigenvalue weighted by molar-refractivity contribution is 0.102. The van der Waals surface area contributed by atoms with Gasteiger partial charge in [0.25, 0.3) is 5.91 Å². The Morgan fingerprint density at radius 3 is 2.19 bits per heavy atom. The molecule has 0 unspecified atom stereocenters. The number of aryl methyl sites for hydroxylation is 2. The van der Waals surface area contributed by atoms with E-state index in [2.05, 4.69) is 15.4 Å². The first-order valence-corrected chi connectivity index (χ1v) is 12.1. The lowest BCUT2D eigenvalue weighted by Crippen LogP contribution is -2.32. The quantitative estimate of drug-likeness (QED) is 0.333. The van der Waals surface area contributed by atoms with Gasteiger partial charge in [-0.05, 0) is 31.0 Å². The normalized spacial score (nSPS) is 11.6. The summed E-state index contributed by atoms with van der Waals surface area (Å²) in [6.45, 7) is 5.11. The largest absolute Gasteiger partial charge is 0.480 e. The Morgan fingerprint density at radius 1 is 1.00 bits per heavy atom. The third kappa shape index (κ3) is 4.23. The Kier molecular flexibility index (Phi) is 6.45. The van der Waals surface area contributed by atoms with E-state index in [0.29, 0.717) is 46.9 Å². The van der Waals surface area contributed by atoms with Crippen LogP contribution in [-0.4, -0.2) is 42.4 Å². The van der Waals surface area contributed by atoms with Crippen molar-refractivity contribution in [2.75, 3.05) is 12.4 Å². The van der Waals surface area contributed by atoms with Crippen LogP contribution in [0.3, 0.4) is 0 Å². The molecule has 0 saturated carbocycles. The summed E-state index contributed by atoms with van der Waals surface area (Å²) < 4.78 is 9.08. The third-order valence-corrected chi connectivity index (χ3v) is 6.38. The molecular weight excluding hydrogens is 468 g/mol. The molecule has 9 heteroatoms. The number of amides is 1. The van der Waals surface area contributed by atoms with E-state index in [1.165, 1.54) is 7.11 Å². The second kappa shape index (κ2) is 9.87. The Bertz CT molecular complexity index is 1500. The van der Waals surface area contributed by atoms with Crippen molar-refractivity contribution in [1.82, 2.24) is 24.3 Å². The SMILES string of the molecule is CCn1cc(NC(=O)c2cc3c(nc2OC)nc(C(O)(c2ccccc2)c2ccccc2)n3CC)cn1. The Hall–Kier alpha value is -4.50. The van der Waals surface area contributed by atoms with Crippen molar-refractivity contribution in [3.63, 3.8) is 0 Å². The van der Waals surface area contributed by atoms with Crippen LogP contribution < -0.4 is 10.1 Å². The van der Waals surface area contributed by atoms with E-state index in [-0.39, 0.29) is 17.4 Å². The monoisotopic (exact) mass is 496 g/mol. The van der Waals surface area contributed by atoms with Crippen LogP contribution in [0.25, 0.3) is 11.2 Å². The Morgan fingerprint density at radius 2 is 1.65 bits per heavy atom. The van der Waals surface area contributed by atoms with Gasteiger partial charge in [0.2, 0.25) is 5.88 Å². The fourth-order valence-corrected chi connectivity index (χ4v) is 4.53. The number of ether oxygens (including phenoxy) is 1. The molecule has 3 aromatic heterocycles. The van der Waals surface area contributed by atoms with Crippen molar-refractivity contribution in [1.29, 1.82) is 0 Å². The van der Waals surface area contributed by atoms with Gasteiger partial charge in [0.1, 0.15) is 5.56 Å². The molecule has 2 aromatic carbocycles. The predicted molar refractivity (Wildman–Crippen MR) is 141 cm³/mol. The lowest BCUT2D eigenvalue weighted by Gasteiger charge is -2.29. The Labute approximate surface area is 214 Å². The topological polar surface area (TPSA) is 107 Å². The van der Waals surface area contributed by atoms with E-state index < -0.39 is 5.60 Å². The van der Waals surface area contributed by atoms with Crippen molar-refractivity contribution < 1.29 is 14.6 Å². The average molecular weight is 497 g/mol. The van der Waals surface area contributed by atoms with Gasteiger partial charge in [-0.3, -0.25) is 9.48 Å². The minimum atomic E-state index is -1.55. The average Bonchev–Trinajstić information content (AvgIpc) is 3.56. The molecule has 5 aromatic rings. The minimum Gasteiger partial charge on any atom is -0.480 e. The first-order valence-electron chi connectivity index (χ1n) is 12.1. The maximum Gasteiger partial charge on any atom is 0.261 e. The number of pyridine rings is 1. The molecular formula is C28H28N6O3. The molecule has 0 aliphatic carbocycles. The summed E-state index contributed by atoms with van der Waals surface area (Å²) in [7, 11) is 1.46. The molecule has 0 radical (unpaired) electrons. The van der Waals surface area contributed by atoms with Crippen LogP contribution in [0.15, 0.2) is 79.1 Å². The minimum absolute atomic E-state index is 0.142. The standard InChI is InChI=1S/C28H28N6O3/c1-4-33-18-21(17-29-33)30-25(35)22-16-23-24(31-26(22)37-3)32-27(34(23)5-2)28(36,19-12-8-6-9-13-19)20-14-10-7-11-15-20/h6-18,36H,4-5H2,1-3H3,(H,30,35). The molecule has 2 N–H and O–H groups in total. The number of imidazole rings is 1. The number of fused-ring (bicyclic) bond motifs is 1. The van der Waals surface area contributed by atoms with Crippen molar-refractivity contribution in [3.05, 3.63) is 102 Å². The van der Waals surface area contributed by atoms with E-state index in [1.807, 2.05) is 79.1 Å². The van der Waals surface area contributed by atoms with E-state index in [9.17, 15) is 9.90 Å². The van der Waals surface area contributed by atoms with Gasteiger partial charge in [0.05, 0.1) is 24.5 Å².